The Labute approximate surface area is 131 Å². The highest BCUT2D eigenvalue weighted by molar-refractivity contribution is 5.93. The maximum atomic E-state index is 12.0. The quantitative estimate of drug-likeness (QED) is 0.737. The molecule has 4 nitrogen and oxygen atoms in total. The third-order valence-corrected chi connectivity index (χ3v) is 3.18. The molecule has 116 valence electrons. The van der Waals surface area contributed by atoms with Gasteiger partial charge in [-0.3, -0.25) is 4.79 Å². The Balaban J connectivity index is 1.74. The molecule has 2 N–H and O–H groups in total. The maximum absolute atomic E-state index is 12.0. The van der Waals surface area contributed by atoms with Gasteiger partial charge in [-0.25, -0.2) is 0 Å². The van der Waals surface area contributed by atoms with Crippen molar-refractivity contribution < 1.29 is 9.53 Å². The van der Waals surface area contributed by atoms with Crippen LogP contribution in [0.5, 0.6) is 5.75 Å². The third kappa shape index (κ3) is 5.22. The Kier molecular flexibility index (Phi) is 6.45. The summed E-state index contributed by atoms with van der Waals surface area (Å²) in [6.07, 6.45) is 0.906. The molecule has 4 heteroatoms. The van der Waals surface area contributed by atoms with Crippen molar-refractivity contribution in [1.82, 2.24) is 5.32 Å². The molecule has 0 saturated heterocycles. The predicted molar refractivity (Wildman–Crippen MR) is 89.3 cm³/mol. The molecule has 0 aliphatic heterocycles. The first-order chi connectivity index (χ1) is 10.8. The van der Waals surface area contributed by atoms with E-state index in [1.165, 1.54) is 5.56 Å². The fraction of sp³-hybridized carbons (Fsp3) is 0.278. The van der Waals surface area contributed by atoms with Crippen molar-refractivity contribution in [1.29, 1.82) is 0 Å². The Bertz CT molecular complexity index is 585. The van der Waals surface area contributed by atoms with E-state index in [9.17, 15) is 4.79 Å². The van der Waals surface area contributed by atoms with Crippen molar-refractivity contribution >= 4 is 11.6 Å². The Hall–Kier alpha value is -2.33. The molecule has 0 saturated carbocycles. The molecule has 0 atom stereocenters. The zero-order valence-corrected chi connectivity index (χ0v) is 12.8. The first kappa shape index (κ1) is 16.0. The van der Waals surface area contributed by atoms with Crippen molar-refractivity contribution in [2.45, 2.75) is 13.3 Å². The molecule has 22 heavy (non-hydrogen) atoms. The Morgan fingerprint density at radius 1 is 1.05 bits per heavy atom. The van der Waals surface area contributed by atoms with Crippen LogP contribution in [0.4, 0.5) is 5.69 Å². The van der Waals surface area contributed by atoms with Crippen LogP contribution in [0, 0.1) is 0 Å². The number of anilines is 1. The van der Waals surface area contributed by atoms with E-state index in [4.69, 9.17) is 4.74 Å². The third-order valence-electron chi connectivity index (χ3n) is 3.18. The molecule has 0 aliphatic carbocycles. The lowest BCUT2D eigenvalue weighted by molar-refractivity contribution is -0.115. The van der Waals surface area contributed by atoms with Gasteiger partial charge < -0.3 is 15.4 Å². The smallest absolute Gasteiger partial charge is 0.238 e. The molecular weight excluding hydrogens is 276 g/mol. The minimum atomic E-state index is -0.0692. The van der Waals surface area contributed by atoms with Crippen LogP contribution in [0.15, 0.2) is 54.6 Å². The van der Waals surface area contributed by atoms with Crippen molar-refractivity contribution in [3.05, 3.63) is 60.2 Å². The van der Waals surface area contributed by atoms with Gasteiger partial charge in [0.05, 0.1) is 18.8 Å². The van der Waals surface area contributed by atoms with Crippen LogP contribution in [0.25, 0.3) is 0 Å². The first-order valence-electron chi connectivity index (χ1n) is 7.56. The second-order valence-electron chi connectivity index (χ2n) is 4.89. The summed E-state index contributed by atoms with van der Waals surface area (Å²) in [5.74, 6) is 0.628. The van der Waals surface area contributed by atoms with Gasteiger partial charge in [0.15, 0.2) is 0 Å². The zero-order valence-electron chi connectivity index (χ0n) is 12.8. The Morgan fingerprint density at radius 2 is 1.77 bits per heavy atom. The second kappa shape index (κ2) is 8.85. The van der Waals surface area contributed by atoms with E-state index in [-0.39, 0.29) is 12.5 Å². The van der Waals surface area contributed by atoms with Crippen molar-refractivity contribution in [3.63, 3.8) is 0 Å². The summed E-state index contributed by atoms with van der Waals surface area (Å²) in [5.41, 5.74) is 1.97. The van der Waals surface area contributed by atoms with Gasteiger partial charge in [-0.15, -0.1) is 0 Å². The van der Waals surface area contributed by atoms with Crippen molar-refractivity contribution in [2.24, 2.45) is 0 Å². The monoisotopic (exact) mass is 298 g/mol. The van der Waals surface area contributed by atoms with Gasteiger partial charge in [0.2, 0.25) is 5.91 Å². The van der Waals surface area contributed by atoms with Gasteiger partial charge in [-0.1, -0.05) is 42.5 Å². The summed E-state index contributed by atoms with van der Waals surface area (Å²) in [4.78, 5) is 12.0. The molecule has 0 bridgehead atoms. The summed E-state index contributed by atoms with van der Waals surface area (Å²) in [6, 6.07) is 17.7. The fourth-order valence-electron chi connectivity index (χ4n) is 2.12. The average Bonchev–Trinajstić information content (AvgIpc) is 2.55. The Morgan fingerprint density at radius 3 is 2.55 bits per heavy atom. The summed E-state index contributed by atoms with van der Waals surface area (Å²) in [7, 11) is 0. The normalized spacial score (nSPS) is 10.2. The van der Waals surface area contributed by atoms with E-state index in [0.29, 0.717) is 18.0 Å². The van der Waals surface area contributed by atoms with E-state index in [2.05, 4.69) is 22.8 Å². The van der Waals surface area contributed by atoms with Crippen LogP contribution in [0.1, 0.15) is 12.5 Å². The van der Waals surface area contributed by atoms with E-state index < -0.39 is 0 Å². The number of ether oxygens (including phenoxy) is 1. The summed E-state index contributed by atoms with van der Waals surface area (Å²) in [6.45, 7) is 3.55. The molecule has 2 aromatic rings. The summed E-state index contributed by atoms with van der Waals surface area (Å²) >= 11 is 0. The first-order valence-corrected chi connectivity index (χ1v) is 7.56. The van der Waals surface area contributed by atoms with Gasteiger partial charge in [0.25, 0.3) is 0 Å². The summed E-state index contributed by atoms with van der Waals surface area (Å²) in [5, 5.41) is 6.02. The predicted octanol–water partition coefficient (Wildman–Crippen LogP) is 2.86. The minimum Gasteiger partial charge on any atom is -0.492 e. The van der Waals surface area contributed by atoms with Crippen LogP contribution in [0.3, 0.4) is 0 Å². The number of carbonyl (C=O) groups excluding carboxylic acids is 1. The number of amides is 1. The lowest BCUT2D eigenvalue weighted by atomic mass is 10.1. The van der Waals surface area contributed by atoms with Crippen LogP contribution >= 0.6 is 0 Å². The van der Waals surface area contributed by atoms with Crippen LogP contribution in [-0.2, 0) is 11.2 Å². The van der Waals surface area contributed by atoms with Crippen molar-refractivity contribution in [2.75, 3.05) is 25.0 Å². The van der Waals surface area contributed by atoms with Gasteiger partial charge in [0.1, 0.15) is 5.75 Å². The van der Waals surface area contributed by atoms with E-state index in [1.54, 1.807) is 0 Å². The largest absolute Gasteiger partial charge is 0.492 e. The molecule has 0 unspecified atom stereocenters. The molecule has 1 amide bonds. The zero-order chi connectivity index (χ0) is 15.6. The van der Waals surface area contributed by atoms with Gasteiger partial charge in [0, 0.05) is 0 Å². The van der Waals surface area contributed by atoms with Gasteiger partial charge in [-0.05, 0) is 37.6 Å². The van der Waals surface area contributed by atoms with E-state index in [1.807, 2.05) is 49.4 Å². The van der Waals surface area contributed by atoms with Crippen LogP contribution in [0.2, 0.25) is 0 Å². The highest BCUT2D eigenvalue weighted by atomic mass is 16.5. The standard InChI is InChI=1S/C18H22N2O2/c1-2-22-17-11-7-6-10-16(17)20-18(21)14-19-13-12-15-8-4-3-5-9-15/h3-11,19H,2,12-14H2,1H3,(H,20,21). The SMILES string of the molecule is CCOc1ccccc1NC(=O)CNCCc1ccccc1. The molecule has 0 aromatic heterocycles. The number of carbonyl (C=O) groups is 1. The van der Waals surface area contributed by atoms with Gasteiger partial charge >= 0.3 is 0 Å². The fourth-order valence-corrected chi connectivity index (χ4v) is 2.12. The average molecular weight is 298 g/mol. The van der Waals surface area contributed by atoms with Crippen LogP contribution < -0.4 is 15.4 Å². The topological polar surface area (TPSA) is 50.4 Å². The summed E-state index contributed by atoms with van der Waals surface area (Å²) < 4.78 is 5.49. The molecule has 0 radical (unpaired) electrons. The number of hydrogen-bond donors (Lipinski definition) is 2. The number of para-hydroxylation sites is 2. The highest BCUT2D eigenvalue weighted by Crippen LogP contribution is 2.23. The molecule has 2 rings (SSSR count). The number of rotatable bonds is 8. The molecule has 0 aliphatic rings. The van der Waals surface area contributed by atoms with Gasteiger partial charge in [-0.2, -0.15) is 0 Å². The van der Waals surface area contributed by atoms with E-state index >= 15 is 0 Å². The molecule has 0 spiro atoms. The maximum Gasteiger partial charge on any atom is 0.238 e. The highest BCUT2D eigenvalue weighted by Gasteiger charge is 2.06. The number of benzene rings is 2. The lowest BCUT2D eigenvalue weighted by Gasteiger charge is -2.11. The molecule has 2 aromatic carbocycles. The molecular formula is C18H22N2O2. The second-order valence-corrected chi connectivity index (χ2v) is 4.89. The lowest BCUT2D eigenvalue weighted by Crippen LogP contribution is -2.29. The number of nitrogens with one attached hydrogen (secondary N) is 2. The van der Waals surface area contributed by atoms with Crippen molar-refractivity contribution in [3.8, 4) is 5.75 Å². The van der Waals surface area contributed by atoms with Crippen LogP contribution in [-0.4, -0.2) is 25.6 Å². The minimum absolute atomic E-state index is 0.0692. The van der Waals surface area contributed by atoms with E-state index in [0.717, 1.165) is 13.0 Å². The number of hydrogen-bond acceptors (Lipinski definition) is 3. The molecule has 0 fully saturated rings. The molecule has 0 heterocycles.